The summed E-state index contributed by atoms with van der Waals surface area (Å²) in [6.07, 6.45) is 102. The molecule has 0 bridgehead atoms. The summed E-state index contributed by atoms with van der Waals surface area (Å²) in [6, 6.07) is -0.633. The van der Waals surface area contributed by atoms with Crippen molar-refractivity contribution in [3.8, 4) is 0 Å². The maximum atomic E-state index is 12.5. The molecule has 0 aromatic heterocycles. The number of hydrogen-bond acceptors (Lipinski definition) is 5. The first kappa shape index (κ1) is 84.6. The Morgan fingerprint density at radius 1 is 0.322 bits per heavy atom. The minimum atomic E-state index is -0.850. The topological polar surface area (TPSA) is 95.9 Å². The molecule has 0 radical (unpaired) electrons. The highest BCUT2D eigenvalue weighted by atomic mass is 16.5. The lowest BCUT2D eigenvalue weighted by molar-refractivity contribution is -0.143. The third-order valence-corrected chi connectivity index (χ3v) is 18.0. The van der Waals surface area contributed by atoms with Crippen molar-refractivity contribution in [2.75, 3.05) is 13.2 Å². The number of amides is 1. The maximum absolute atomic E-state index is 12.5. The van der Waals surface area contributed by atoms with Crippen molar-refractivity contribution >= 4 is 11.9 Å². The lowest BCUT2D eigenvalue weighted by Gasteiger charge is -2.20. The van der Waals surface area contributed by atoms with Crippen LogP contribution in [0.1, 0.15) is 418 Å². The van der Waals surface area contributed by atoms with Gasteiger partial charge in [-0.15, -0.1) is 0 Å². The number of nitrogens with one attached hydrogen (secondary N) is 1. The van der Waals surface area contributed by atoms with Crippen LogP contribution in [0.15, 0.2) is 60.8 Å². The third-order valence-electron chi connectivity index (χ3n) is 18.0. The van der Waals surface area contributed by atoms with E-state index in [1.807, 2.05) is 6.08 Å². The number of carbonyl (C=O) groups is 2. The Bertz CT molecular complexity index is 1500. The van der Waals surface area contributed by atoms with E-state index in [1.165, 1.54) is 334 Å². The number of allylic oxidation sites excluding steroid dienone is 9. The second-order valence-electron chi connectivity index (χ2n) is 26.7. The van der Waals surface area contributed by atoms with E-state index in [0.29, 0.717) is 19.4 Å². The van der Waals surface area contributed by atoms with Gasteiger partial charge in [0.25, 0.3) is 0 Å². The summed E-state index contributed by atoms with van der Waals surface area (Å²) in [6.45, 7) is 4.91. The zero-order valence-corrected chi connectivity index (χ0v) is 58.5. The van der Waals surface area contributed by atoms with Crippen molar-refractivity contribution in [1.29, 1.82) is 0 Å². The lowest BCUT2D eigenvalue weighted by Crippen LogP contribution is -2.45. The second kappa shape index (κ2) is 76.0. The van der Waals surface area contributed by atoms with Crippen LogP contribution in [0, 0.1) is 0 Å². The van der Waals surface area contributed by atoms with E-state index in [4.69, 9.17) is 4.74 Å². The van der Waals surface area contributed by atoms with Gasteiger partial charge in [-0.3, -0.25) is 9.59 Å². The highest BCUT2D eigenvalue weighted by Gasteiger charge is 2.18. The van der Waals surface area contributed by atoms with Crippen LogP contribution in [-0.2, 0) is 14.3 Å². The molecule has 1 amide bonds. The smallest absolute Gasteiger partial charge is 0.305 e. The van der Waals surface area contributed by atoms with Crippen LogP contribution >= 0.6 is 0 Å². The third kappa shape index (κ3) is 72.5. The zero-order chi connectivity index (χ0) is 62.8. The Hall–Kier alpha value is -2.44. The molecule has 0 fully saturated rings. The summed E-state index contributed by atoms with van der Waals surface area (Å²) in [4.78, 5) is 24.7. The molecule has 0 saturated heterocycles. The van der Waals surface area contributed by atoms with E-state index >= 15 is 0 Å². The van der Waals surface area contributed by atoms with Gasteiger partial charge >= 0.3 is 5.97 Å². The average molecular weight is 1220 g/mol. The first-order valence-corrected chi connectivity index (χ1v) is 39.1. The summed E-state index contributed by atoms with van der Waals surface area (Å²) in [5, 5.41) is 23.3. The van der Waals surface area contributed by atoms with Gasteiger partial charge in [-0.1, -0.05) is 370 Å². The highest BCUT2D eigenvalue weighted by Crippen LogP contribution is 2.19. The molecule has 0 aromatic rings. The Labute approximate surface area is 543 Å². The molecule has 0 rings (SSSR count). The van der Waals surface area contributed by atoms with Crippen LogP contribution in [0.5, 0.6) is 0 Å². The van der Waals surface area contributed by atoms with Crippen LogP contribution < -0.4 is 5.32 Å². The summed E-state index contributed by atoms with van der Waals surface area (Å²) >= 11 is 0. The van der Waals surface area contributed by atoms with E-state index in [0.717, 1.165) is 57.8 Å². The molecule has 0 spiro atoms. The van der Waals surface area contributed by atoms with Gasteiger partial charge in [-0.25, -0.2) is 0 Å². The predicted molar refractivity (Wildman–Crippen MR) is 384 cm³/mol. The molecule has 3 N–H and O–H groups in total. The van der Waals surface area contributed by atoms with Gasteiger partial charge in [0.15, 0.2) is 0 Å². The number of ether oxygens (including phenoxy) is 1. The largest absolute Gasteiger partial charge is 0.466 e. The number of unbranched alkanes of at least 4 members (excludes halogenated alkanes) is 54. The molecule has 0 aromatic carbocycles. The normalized spacial score (nSPS) is 12.8. The van der Waals surface area contributed by atoms with Crippen LogP contribution in [0.25, 0.3) is 0 Å². The molecule has 510 valence electrons. The fourth-order valence-corrected chi connectivity index (χ4v) is 12.1. The first-order chi connectivity index (χ1) is 43.0. The van der Waals surface area contributed by atoms with Gasteiger partial charge < -0.3 is 20.3 Å². The zero-order valence-electron chi connectivity index (χ0n) is 58.5. The van der Waals surface area contributed by atoms with Gasteiger partial charge in [-0.05, 0) is 96.3 Å². The highest BCUT2D eigenvalue weighted by molar-refractivity contribution is 5.76. The molecule has 2 atom stereocenters. The number of hydrogen-bond donors (Lipinski definition) is 3. The van der Waals surface area contributed by atoms with Crippen molar-refractivity contribution in [2.24, 2.45) is 0 Å². The number of aliphatic hydroxyl groups is 2. The number of esters is 1. The van der Waals surface area contributed by atoms with E-state index in [1.54, 1.807) is 6.08 Å². The molecule has 87 heavy (non-hydrogen) atoms. The van der Waals surface area contributed by atoms with Crippen molar-refractivity contribution < 1.29 is 24.5 Å². The Balaban J connectivity index is 3.44. The minimum Gasteiger partial charge on any atom is -0.466 e. The molecule has 2 unspecified atom stereocenters. The Kier molecular flexibility index (Phi) is 73.9. The van der Waals surface area contributed by atoms with Crippen LogP contribution in [0.4, 0.5) is 0 Å². The summed E-state index contributed by atoms with van der Waals surface area (Å²) < 4.78 is 5.51. The number of aliphatic hydroxyl groups excluding tert-OH is 2. The van der Waals surface area contributed by atoms with Gasteiger partial charge in [0.05, 0.1) is 25.4 Å². The molecule has 0 heterocycles. The SMILES string of the molecule is CCCCC/C=C\C/C=C\CCCCCCCCCCCC(=O)OCCCCCCCCCCC/C=C\C/C=C\CCCCCCCCCCCCCC(=O)NC(CO)C(O)/C=C/CCCCCCCCCCCCCCCCCCCCCCCC. The summed E-state index contributed by atoms with van der Waals surface area (Å²) in [7, 11) is 0. The Morgan fingerprint density at radius 3 is 0.897 bits per heavy atom. The number of carbonyl (C=O) groups excluding carboxylic acids is 2. The fraction of sp³-hybridized carbons (Fsp3) is 0.852. The quantitative estimate of drug-likeness (QED) is 0.0320. The van der Waals surface area contributed by atoms with E-state index in [-0.39, 0.29) is 18.5 Å². The first-order valence-electron chi connectivity index (χ1n) is 39.1. The molecule has 6 heteroatoms. The standard InChI is InChI=1S/C81H151NO5/c1-3-5-7-9-11-13-15-17-19-21-23-24-25-31-34-38-41-45-49-53-57-61-65-69-73-79(84)78(77-83)82-80(85)74-70-66-62-58-54-50-46-42-39-35-32-29-27-26-28-30-33-36-40-44-48-52-56-60-64-68-72-76-87-81(86)75-71-67-63-59-55-51-47-43-37-22-20-18-16-14-12-10-8-6-4-2/h12,14,18,20,26-27,30,33,69,73,78-79,83-84H,3-11,13,15-17,19,21-25,28-29,31-32,34-68,70-72,74-77H2,1-2H3,(H,82,85)/b14-12-,20-18-,27-26-,33-30-,73-69+. The Morgan fingerprint density at radius 2 is 0.575 bits per heavy atom. The van der Waals surface area contributed by atoms with E-state index in [9.17, 15) is 19.8 Å². The van der Waals surface area contributed by atoms with Crippen molar-refractivity contribution in [3.05, 3.63) is 60.8 Å². The average Bonchev–Trinajstić information content (AvgIpc) is 3.58. The van der Waals surface area contributed by atoms with Crippen molar-refractivity contribution in [2.45, 2.75) is 431 Å². The molecule has 0 saturated carbocycles. The summed E-state index contributed by atoms with van der Waals surface area (Å²) in [5.41, 5.74) is 0. The molecular weight excluding hydrogens is 1070 g/mol. The van der Waals surface area contributed by atoms with Gasteiger partial charge in [0.1, 0.15) is 0 Å². The lowest BCUT2D eigenvalue weighted by atomic mass is 10.0. The maximum Gasteiger partial charge on any atom is 0.305 e. The van der Waals surface area contributed by atoms with E-state index in [2.05, 4.69) is 67.8 Å². The van der Waals surface area contributed by atoms with Gasteiger partial charge in [0, 0.05) is 12.8 Å². The molecular formula is C81H151NO5. The van der Waals surface area contributed by atoms with Crippen LogP contribution in [-0.4, -0.2) is 47.4 Å². The molecule has 0 aliphatic carbocycles. The minimum absolute atomic E-state index is 0.00679. The van der Waals surface area contributed by atoms with Crippen LogP contribution in [0.2, 0.25) is 0 Å². The van der Waals surface area contributed by atoms with Gasteiger partial charge in [-0.2, -0.15) is 0 Å². The fourth-order valence-electron chi connectivity index (χ4n) is 12.1. The predicted octanol–water partition coefficient (Wildman–Crippen LogP) is 25.8. The van der Waals surface area contributed by atoms with Gasteiger partial charge in [0.2, 0.25) is 5.91 Å². The monoisotopic (exact) mass is 1220 g/mol. The van der Waals surface area contributed by atoms with E-state index < -0.39 is 12.1 Å². The summed E-state index contributed by atoms with van der Waals surface area (Å²) in [5.74, 6) is -0.0606. The number of rotatable bonds is 73. The molecule has 0 aliphatic heterocycles. The molecule has 6 nitrogen and oxygen atoms in total. The van der Waals surface area contributed by atoms with Crippen molar-refractivity contribution in [1.82, 2.24) is 5.32 Å². The second-order valence-corrected chi connectivity index (χ2v) is 26.7. The molecule has 0 aliphatic rings. The van der Waals surface area contributed by atoms with Crippen molar-refractivity contribution in [3.63, 3.8) is 0 Å². The van der Waals surface area contributed by atoms with Crippen LogP contribution in [0.3, 0.4) is 0 Å².